The van der Waals surface area contributed by atoms with Gasteiger partial charge < -0.3 is 14.4 Å². The molecule has 2 aromatic rings. The van der Waals surface area contributed by atoms with Crippen molar-refractivity contribution in [3.8, 4) is 5.75 Å². The van der Waals surface area contributed by atoms with Crippen LogP contribution in [-0.4, -0.2) is 48.9 Å². The van der Waals surface area contributed by atoms with E-state index in [1.807, 2.05) is 12.3 Å². The lowest BCUT2D eigenvalue weighted by molar-refractivity contribution is -0.152. The number of esters is 1. The Morgan fingerprint density at radius 2 is 2.03 bits per heavy atom. The van der Waals surface area contributed by atoms with Crippen molar-refractivity contribution in [1.82, 2.24) is 15.8 Å². The number of aryl methyl sites for hydroxylation is 1. The van der Waals surface area contributed by atoms with Crippen molar-refractivity contribution in [3.05, 3.63) is 40.3 Å². The van der Waals surface area contributed by atoms with Gasteiger partial charge in [0.25, 0.3) is 5.91 Å². The Hall–Kier alpha value is -3.47. The molecule has 164 valence electrons. The monoisotopic (exact) mass is 446 g/mol. The van der Waals surface area contributed by atoms with Crippen LogP contribution in [0.15, 0.2) is 29.6 Å². The van der Waals surface area contributed by atoms with Crippen molar-refractivity contribution in [2.45, 2.75) is 19.8 Å². The number of aromatic nitrogens is 1. The summed E-state index contributed by atoms with van der Waals surface area (Å²) in [4.78, 5) is 53.9. The number of carbonyl (C=O) groups excluding carboxylic acids is 4. The maximum atomic E-state index is 12.3. The first kappa shape index (κ1) is 22.2. The maximum absolute atomic E-state index is 12.3. The zero-order valence-electron chi connectivity index (χ0n) is 17.0. The summed E-state index contributed by atoms with van der Waals surface area (Å²) in [6.07, 6.45) is 0.0183. The number of benzene rings is 1. The first-order chi connectivity index (χ1) is 14.9. The number of rotatable bonds is 7. The molecule has 2 N–H and O–H groups in total. The predicted molar refractivity (Wildman–Crippen MR) is 111 cm³/mol. The Morgan fingerprint density at radius 1 is 1.26 bits per heavy atom. The minimum Gasteiger partial charge on any atom is -0.497 e. The Kier molecular flexibility index (Phi) is 7.19. The van der Waals surface area contributed by atoms with Crippen LogP contribution in [-0.2, 0) is 30.3 Å². The van der Waals surface area contributed by atoms with Crippen LogP contribution in [0.4, 0.5) is 5.69 Å². The molecule has 10 nitrogen and oxygen atoms in total. The molecule has 0 saturated carbocycles. The summed E-state index contributed by atoms with van der Waals surface area (Å²) in [5.74, 6) is -2.09. The Morgan fingerprint density at radius 3 is 2.74 bits per heavy atom. The van der Waals surface area contributed by atoms with Gasteiger partial charge in [-0.1, -0.05) is 6.07 Å². The predicted octanol–water partition coefficient (Wildman–Crippen LogP) is 0.746. The van der Waals surface area contributed by atoms with Crippen molar-refractivity contribution in [1.29, 1.82) is 0 Å². The molecule has 1 aliphatic heterocycles. The SMILES string of the molecule is COc1cccc(N2CC(C(=O)OCC(=O)NNC(=O)Cc3nc(C)cs3)CC2=O)c1. The summed E-state index contributed by atoms with van der Waals surface area (Å²) >= 11 is 1.35. The third kappa shape index (κ3) is 6.01. The lowest BCUT2D eigenvalue weighted by Crippen LogP contribution is -2.44. The van der Waals surface area contributed by atoms with Gasteiger partial charge in [-0.2, -0.15) is 0 Å². The van der Waals surface area contributed by atoms with Gasteiger partial charge in [-0.3, -0.25) is 30.0 Å². The molecular formula is C20H22N4O6S. The molecule has 3 rings (SSSR count). The fourth-order valence-corrected chi connectivity index (χ4v) is 3.76. The molecule has 3 amide bonds. The molecule has 0 radical (unpaired) electrons. The van der Waals surface area contributed by atoms with Gasteiger partial charge in [-0.15, -0.1) is 11.3 Å². The van der Waals surface area contributed by atoms with Crippen LogP contribution < -0.4 is 20.5 Å². The smallest absolute Gasteiger partial charge is 0.311 e. The molecule has 1 aromatic carbocycles. The fraction of sp³-hybridized carbons (Fsp3) is 0.350. The number of methoxy groups -OCH3 is 1. The lowest BCUT2D eigenvalue weighted by Gasteiger charge is -2.17. The second-order valence-electron chi connectivity index (χ2n) is 6.87. The van der Waals surface area contributed by atoms with E-state index in [-0.39, 0.29) is 25.3 Å². The van der Waals surface area contributed by atoms with Crippen molar-refractivity contribution in [2.24, 2.45) is 5.92 Å². The normalized spacial score (nSPS) is 15.5. The zero-order chi connectivity index (χ0) is 22.4. The number of nitrogens with one attached hydrogen (secondary N) is 2. The second-order valence-corrected chi connectivity index (χ2v) is 7.81. The van der Waals surface area contributed by atoms with E-state index in [0.29, 0.717) is 16.4 Å². The Bertz CT molecular complexity index is 992. The molecule has 1 unspecified atom stereocenters. The quantitative estimate of drug-likeness (QED) is 0.475. The highest BCUT2D eigenvalue weighted by atomic mass is 32.1. The number of anilines is 1. The van der Waals surface area contributed by atoms with E-state index >= 15 is 0 Å². The fourth-order valence-electron chi connectivity index (χ4n) is 2.99. The van der Waals surface area contributed by atoms with Crippen LogP contribution in [0.1, 0.15) is 17.1 Å². The minimum atomic E-state index is -0.689. The summed E-state index contributed by atoms with van der Waals surface area (Å²) in [6, 6.07) is 6.96. The van der Waals surface area contributed by atoms with Gasteiger partial charge in [0.15, 0.2) is 6.61 Å². The van der Waals surface area contributed by atoms with Gasteiger partial charge in [-0.25, -0.2) is 4.98 Å². The van der Waals surface area contributed by atoms with Crippen molar-refractivity contribution < 1.29 is 28.7 Å². The first-order valence-corrected chi connectivity index (χ1v) is 10.3. The molecule has 0 spiro atoms. The number of carbonyl (C=O) groups is 4. The van der Waals surface area contributed by atoms with Crippen LogP contribution in [0.3, 0.4) is 0 Å². The average Bonchev–Trinajstić information content (AvgIpc) is 3.35. The van der Waals surface area contributed by atoms with Crippen LogP contribution in [0.2, 0.25) is 0 Å². The number of hydrogen-bond donors (Lipinski definition) is 2. The molecule has 1 aliphatic rings. The highest BCUT2D eigenvalue weighted by Gasteiger charge is 2.36. The van der Waals surface area contributed by atoms with Crippen molar-refractivity contribution in [3.63, 3.8) is 0 Å². The van der Waals surface area contributed by atoms with Gasteiger partial charge in [-0.05, 0) is 19.1 Å². The average molecular weight is 446 g/mol. The van der Waals surface area contributed by atoms with Crippen molar-refractivity contribution >= 4 is 40.7 Å². The van der Waals surface area contributed by atoms with E-state index in [0.717, 1.165) is 5.69 Å². The standard InChI is InChI=1S/C20H22N4O6S/c1-12-11-31-18(21-12)8-16(25)22-23-17(26)10-30-20(28)13-6-19(27)24(9-13)14-4-3-5-15(7-14)29-2/h3-5,7,11,13H,6,8-10H2,1-2H3,(H,22,25)(H,23,26). The summed E-state index contributed by atoms with van der Waals surface area (Å²) < 4.78 is 10.2. The van der Waals surface area contributed by atoms with Gasteiger partial charge in [0.2, 0.25) is 11.8 Å². The number of hydrazine groups is 1. The van der Waals surface area contributed by atoms with E-state index in [1.165, 1.54) is 23.3 Å². The molecule has 1 atom stereocenters. The number of nitrogens with zero attached hydrogens (tertiary/aromatic N) is 2. The van der Waals surface area contributed by atoms with Crippen LogP contribution in [0, 0.1) is 12.8 Å². The second kappa shape index (κ2) is 10.0. The van der Waals surface area contributed by atoms with E-state index in [2.05, 4.69) is 15.8 Å². The summed E-state index contributed by atoms with van der Waals surface area (Å²) in [5.41, 5.74) is 5.86. The third-order valence-electron chi connectivity index (χ3n) is 4.49. The number of hydrogen-bond acceptors (Lipinski definition) is 8. The molecule has 1 aromatic heterocycles. The first-order valence-electron chi connectivity index (χ1n) is 9.45. The van der Waals surface area contributed by atoms with E-state index in [1.54, 1.807) is 24.3 Å². The van der Waals surface area contributed by atoms with Gasteiger partial charge >= 0.3 is 5.97 Å². The highest BCUT2D eigenvalue weighted by molar-refractivity contribution is 7.09. The van der Waals surface area contributed by atoms with E-state index in [9.17, 15) is 19.2 Å². The lowest BCUT2D eigenvalue weighted by atomic mass is 10.1. The molecule has 11 heteroatoms. The van der Waals surface area contributed by atoms with Crippen LogP contribution in [0.25, 0.3) is 0 Å². The molecule has 0 aliphatic carbocycles. The Labute approximate surface area is 182 Å². The summed E-state index contributed by atoms with van der Waals surface area (Å²) in [6.45, 7) is 1.40. The van der Waals surface area contributed by atoms with Gasteiger partial charge in [0, 0.05) is 35.8 Å². The summed E-state index contributed by atoms with van der Waals surface area (Å²) in [5, 5.41) is 2.45. The van der Waals surface area contributed by atoms with Crippen LogP contribution >= 0.6 is 11.3 Å². The Balaban J connectivity index is 1.42. The van der Waals surface area contributed by atoms with E-state index in [4.69, 9.17) is 9.47 Å². The summed E-state index contributed by atoms with van der Waals surface area (Å²) in [7, 11) is 1.53. The maximum Gasteiger partial charge on any atom is 0.311 e. The van der Waals surface area contributed by atoms with Gasteiger partial charge in [0.1, 0.15) is 10.8 Å². The topological polar surface area (TPSA) is 127 Å². The highest BCUT2D eigenvalue weighted by Crippen LogP contribution is 2.28. The molecule has 0 bridgehead atoms. The number of amides is 3. The molecular weight excluding hydrogens is 424 g/mol. The van der Waals surface area contributed by atoms with Crippen molar-refractivity contribution in [2.75, 3.05) is 25.2 Å². The molecule has 1 fully saturated rings. The van der Waals surface area contributed by atoms with E-state index < -0.39 is 30.3 Å². The number of thiazole rings is 1. The number of ether oxygens (including phenoxy) is 2. The molecule has 2 heterocycles. The largest absolute Gasteiger partial charge is 0.497 e. The molecule has 1 saturated heterocycles. The zero-order valence-corrected chi connectivity index (χ0v) is 17.9. The third-order valence-corrected chi connectivity index (χ3v) is 5.46. The van der Waals surface area contributed by atoms with Crippen LogP contribution in [0.5, 0.6) is 5.75 Å². The minimum absolute atomic E-state index is 0.0123. The van der Waals surface area contributed by atoms with Gasteiger partial charge in [0.05, 0.1) is 19.4 Å². The molecule has 31 heavy (non-hydrogen) atoms.